The first kappa shape index (κ1) is 15.5. The molecule has 0 amide bonds. The van der Waals surface area contributed by atoms with E-state index in [1.165, 1.54) is 5.56 Å². The van der Waals surface area contributed by atoms with Gasteiger partial charge in [0.05, 0.1) is 16.4 Å². The molecule has 1 atom stereocenters. The molecule has 1 aromatic heterocycles. The molecule has 0 saturated carbocycles. The molecule has 0 aliphatic heterocycles. The van der Waals surface area contributed by atoms with E-state index in [1.807, 2.05) is 23.7 Å². The molecule has 20 heavy (non-hydrogen) atoms. The van der Waals surface area contributed by atoms with Crippen molar-refractivity contribution in [2.75, 3.05) is 0 Å². The number of aryl methyl sites for hydroxylation is 2. The van der Waals surface area contributed by atoms with Gasteiger partial charge >= 0.3 is 0 Å². The van der Waals surface area contributed by atoms with Crippen LogP contribution in [0, 0.1) is 6.92 Å². The van der Waals surface area contributed by atoms with Crippen molar-refractivity contribution in [1.82, 2.24) is 9.78 Å². The van der Waals surface area contributed by atoms with Crippen molar-refractivity contribution < 1.29 is 0 Å². The quantitative estimate of drug-likeness (QED) is 0.887. The molecule has 2 N–H and O–H groups in total. The number of halogens is 2. The Balaban J connectivity index is 2.08. The van der Waals surface area contributed by atoms with Gasteiger partial charge < -0.3 is 5.73 Å². The lowest BCUT2D eigenvalue weighted by Crippen LogP contribution is -2.27. The standard InChI is InChI=1S/C15H19BrClN3/c1-3-20-14(15(17)10(2)19-20)9-13(18)8-11-4-6-12(16)7-5-11/h4-7,13H,3,8-9,18H2,1-2H3. The lowest BCUT2D eigenvalue weighted by atomic mass is 10.0. The Bertz CT molecular complexity index is 578. The molecule has 0 spiro atoms. The summed E-state index contributed by atoms with van der Waals surface area (Å²) in [5, 5.41) is 5.17. The van der Waals surface area contributed by atoms with Crippen LogP contribution in [0.5, 0.6) is 0 Å². The predicted molar refractivity (Wildman–Crippen MR) is 87.2 cm³/mol. The van der Waals surface area contributed by atoms with E-state index >= 15 is 0 Å². The fourth-order valence-corrected chi connectivity index (χ4v) is 2.78. The Labute approximate surface area is 133 Å². The van der Waals surface area contributed by atoms with Crippen LogP contribution in [0.15, 0.2) is 28.7 Å². The van der Waals surface area contributed by atoms with Crippen molar-refractivity contribution in [3.05, 3.63) is 50.7 Å². The summed E-state index contributed by atoms with van der Waals surface area (Å²) in [6, 6.07) is 8.29. The van der Waals surface area contributed by atoms with E-state index in [2.05, 4.69) is 40.1 Å². The average molecular weight is 357 g/mol. The van der Waals surface area contributed by atoms with Gasteiger partial charge in [-0.3, -0.25) is 4.68 Å². The van der Waals surface area contributed by atoms with E-state index in [0.717, 1.165) is 40.3 Å². The van der Waals surface area contributed by atoms with Crippen LogP contribution in [0.2, 0.25) is 5.02 Å². The monoisotopic (exact) mass is 355 g/mol. The number of hydrogen-bond donors (Lipinski definition) is 1. The smallest absolute Gasteiger partial charge is 0.0847 e. The molecule has 5 heteroatoms. The van der Waals surface area contributed by atoms with Gasteiger partial charge in [0.2, 0.25) is 0 Å². The second-order valence-electron chi connectivity index (χ2n) is 4.96. The summed E-state index contributed by atoms with van der Waals surface area (Å²) in [4.78, 5) is 0. The molecule has 1 aromatic carbocycles. The molecule has 1 heterocycles. The molecule has 0 aliphatic carbocycles. The van der Waals surface area contributed by atoms with Gasteiger partial charge in [0.1, 0.15) is 0 Å². The third-order valence-corrected chi connectivity index (χ3v) is 4.34. The second-order valence-corrected chi connectivity index (χ2v) is 6.25. The van der Waals surface area contributed by atoms with Gasteiger partial charge in [-0.2, -0.15) is 5.10 Å². The Kier molecular flexibility index (Phi) is 5.24. The van der Waals surface area contributed by atoms with Gasteiger partial charge in [-0.1, -0.05) is 39.7 Å². The highest BCUT2D eigenvalue weighted by atomic mass is 79.9. The largest absolute Gasteiger partial charge is 0.327 e. The second kappa shape index (κ2) is 6.74. The minimum atomic E-state index is 0.0371. The maximum absolute atomic E-state index is 6.32. The predicted octanol–water partition coefficient (Wildman–Crippen LogP) is 3.74. The van der Waals surface area contributed by atoms with Crippen LogP contribution in [-0.2, 0) is 19.4 Å². The molecule has 2 rings (SSSR count). The molecule has 0 saturated heterocycles. The highest BCUT2D eigenvalue weighted by Gasteiger charge is 2.16. The van der Waals surface area contributed by atoms with Crippen LogP contribution in [-0.4, -0.2) is 15.8 Å². The fraction of sp³-hybridized carbons (Fsp3) is 0.400. The third kappa shape index (κ3) is 3.62. The van der Waals surface area contributed by atoms with E-state index in [0.29, 0.717) is 0 Å². The molecule has 0 aliphatic rings. The Morgan fingerprint density at radius 3 is 2.55 bits per heavy atom. The maximum Gasteiger partial charge on any atom is 0.0847 e. The van der Waals surface area contributed by atoms with Crippen molar-refractivity contribution in [2.45, 2.75) is 39.3 Å². The Morgan fingerprint density at radius 2 is 1.95 bits per heavy atom. The summed E-state index contributed by atoms with van der Waals surface area (Å²) in [7, 11) is 0. The molecular formula is C15H19BrClN3. The number of benzene rings is 1. The Morgan fingerprint density at radius 1 is 1.30 bits per heavy atom. The highest BCUT2D eigenvalue weighted by molar-refractivity contribution is 9.10. The van der Waals surface area contributed by atoms with Gasteiger partial charge in [-0.05, 0) is 38.0 Å². The number of nitrogens with two attached hydrogens (primary N) is 1. The molecule has 0 radical (unpaired) electrons. The first-order valence-electron chi connectivity index (χ1n) is 6.73. The zero-order valence-electron chi connectivity index (χ0n) is 11.7. The number of rotatable bonds is 5. The molecule has 3 nitrogen and oxygen atoms in total. The molecule has 0 fully saturated rings. The van der Waals surface area contributed by atoms with E-state index in [4.69, 9.17) is 17.3 Å². The first-order valence-corrected chi connectivity index (χ1v) is 7.90. The summed E-state index contributed by atoms with van der Waals surface area (Å²) in [5.41, 5.74) is 9.41. The number of aromatic nitrogens is 2. The van der Waals surface area contributed by atoms with Crippen molar-refractivity contribution >= 4 is 27.5 Å². The van der Waals surface area contributed by atoms with E-state index in [1.54, 1.807) is 0 Å². The summed E-state index contributed by atoms with van der Waals surface area (Å²) < 4.78 is 3.02. The fourth-order valence-electron chi connectivity index (χ4n) is 2.31. The zero-order chi connectivity index (χ0) is 14.7. The minimum Gasteiger partial charge on any atom is -0.327 e. The van der Waals surface area contributed by atoms with E-state index < -0.39 is 0 Å². The van der Waals surface area contributed by atoms with Crippen molar-refractivity contribution in [2.24, 2.45) is 5.73 Å². The van der Waals surface area contributed by atoms with Gasteiger partial charge in [-0.25, -0.2) is 0 Å². The van der Waals surface area contributed by atoms with Crippen LogP contribution in [0.3, 0.4) is 0 Å². The summed E-state index contributed by atoms with van der Waals surface area (Å²) in [6.07, 6.45) is 1.57. The first-order chi connectivity index (χ1) is 9.51. The van der Waals surface area contributed by atoms with Crippen LogP contribution in [0.4, 0.5) is 0 Å². The summed E-state index contributed by atoms with van der Waals surface area (Å²) in [6.45, 7) is 4.80. The van der Waals surface area contributed by atoms with Gasteiger partial charge in [0.15, 0.2) is 0 Å². The number of hydrogen-bond acceptors (Lipinski definition) is 2. The summed E-state index contributed by atoms with van der Waals surface area (Å²) >= 11 is 9.75. The zero-order valence-corrected chi connectivity index (χ0v) is 14.1. The molecule has 2 aromatic rings. The topological polar surface area (TPSA) is 43.8 Å². The molecular weight excluding hydrogens is 338 g/mol. The lowest BCUT2D eigenvalue weighted by Gasteiger charge is -2.13. The van der Waals surface area contributed by atoms with Gasteiger partial charge in [0, 0.05) is 23.5 Å². The van der Waals surface area contributed by atoms with Crippen molar-refractivity contribution in [1.29, 1.82) is 0 Å². The van der Waals surface area contributed by atoms with Crippen molar-refractivity contribution in [3.8, 4) is 0 Å². The van der Waals surface area contributed by atoms with Gasteiger partial charge in [0.25, 0.3) is 0 Å². The van der Waals surface area contributed by atoms with E-state index in [-0.39, 0.29) is 6.04 Å². The lowest BCUT2D eigenvalue weighted by molar-refractivity contribution is 0.574. The van der Waals surface area contributed by atoms with E-state index in [9.17, 15) is 0 Å². The van der Waals surface area contributed by atoms with Crippen LogP contribution in [0.1, 0.15) is 23.9 Å². The number of nitrogens with zero attached hydrogens (tertiary/aromatic N) is 2. The van der Waals surface area contributed by atoms with Crippen LogP contribution < -0.4 is 5.73 Å². The normalized spacial score (nSPS) is 12.7. The van der Waals surface area contributed by atoms with Gasteiger partial charge in [-0.15, -0.1) is 0 Å². The Hall–Kier alpha value is -0.840. The third-order valence-electron chi connectivity index (χ3n) is 3.32. The molecule has 108 valence electrons. The minimum absolute atomic E-state index is 0.0371. The SMILES string of the molecule is CCn1nc(C)c(Cl)c1CC(N)Cc1ccc(Br)cc1. The maximum atomic E-state index is 6.32. The summed E-state index contributed by atoms with van der Waals surface area (Å²) in [5.74, 6) is 0. The van der Waals surface area contributed by atoms with Crippen molar-refractivity contribution in [3.63, 3.8) is 0 Å². The molecule has 0 bridgehead atoms. The average Bonchev–Trinajstić information content (AvgIpc) is 2.69. The molecule has 1 unspecified atom stereocenters. The highest BCUT2D eigenvalue weighted by Crippen LogP contribution is 2.22. The van der Waals surface area contributed by atoms with Crippen LogP contribution >= 0.6 is 27.5 Å². The van der Waals surface area contributed by atoms with Crippen LogP contribution in [0.25, 0.3) is 0 Å².